The number of fused-ring (bicyclic) bond motifs is 1. The van der Waals surface area contributed by atoms with E-state index < -0.39 is 30.4 Å². The highest BCUT2D eigenvalue weighted by atomic mass is 19.4. The Balaban J connectivity index is 1.62. The maximum Gasteiger partial charge on any atom is 0.406 e. The van der Waals surface area contributed by atoms with Crippen LogP contribution in [0.4, 0.5) is 23.2 Å². The van der Waals surface area contributed by atoms with Crippen molar-refractivity contribution >= 4 is 28.5 Å². The number of ether oxygens (including phenoxy) is 1. The number of alkyl halides is 3. The highest BCUT2D eigenvalue weighted by molar-refractivity contribution is 6.05. The molecule has 2 heterocycles. The van der Waals surface area contributed by atoms with Gasteiger partial charge in [0.1, 0.15) is 23.6 Å². The van der Waals surface area contributed by atoms with Crippen LogP contribution < -0.4 is 20.7 Å². The maximum atomic E-state index is 14.4. The van der Waals surface area contributed by atoms with E-state index in [1.54, 1.807) is 6.92 Å². The summed E-state index contributed by atoms with van der Waals surface area (Å²) in [6, 6.07) is 5.29. The number of piperidine rings is 1. The molecule has 1 aliphatic rings. The number of carbonyl (C=O) groups excluding carboxylic acids is 2. The predicted octanol–water partition coefficient (Wildman–Crippen LogP) is 4.03. The van der Waals surface area contributed by atoms with E-state index in [0.717, 1.165) is 36.5 Å². The lowest BCUT2D eigenvalue weighted by molar-refractivity contribution is -0.139. The molecule has 2 aromatic carbocycles. The number of hydrogen-bond donors (Lipinski definition) is 3. The van der Waals surface area contributed by atoms with Crippen LogP contribution in [0, 0.1) is 23.6 Å². The van der Waals surface area contributed by atoms with Crippen molar-refractivity contribution in [3.8, 4) is 17.6 Å². The molecule has 2 amide bonds. The Labute approximate surface area is 247 Å². The number of carbonyl (C=O) groups is 2. The molecule has 0 radical (unpaired) electrons. The first-order valence-corrected chi connectivity index (χ1v) is 13.8. The van der Waals surface area contributed by atoms with E-state index in [4.69, 9.17) is 4.74 Å². The van der Waals surface area contributed by atoms with Gasteiger partial charge in [-0.15, -0.1) is 0 Å². The van der Waals surface area contributed by atoms with Crippen LogP contribution in [0.25, 0.3) is 11.0 Å². The van der Waals surface area contributed by atoms with Crippen molar-refractivity contribution < 1.29 is 31.9 Å². The molecule has 9 nitrogen and oxygen atoms in total. The van der Waals surface area contributed by atoms with Gasteiger partial charge in [-0.3, -0.25) is 9.59 Å². The lowest BCUT2D eigenvalue weighted by Gasteiger charge is -2.35. The second kappa shape index (κ2) is 13.3. The summed E-state index contributed by atoms with van der Waals surface area (Å²) < 4.78 is 60.4. The van der Waals surface area contributed by atoms with Crippen LogP contribution in [0.15, 0.2) is 30.6 Å². The largest absolute Gasteiger partial charge is 0.494 e. The third kappa shape index (κ3) is 7.75. The molecule has 0 bridgehead atoms. The minimum atomic E-state index is -4.49. The number of imidazole rings is 1. The van der Waals surface area contributed by atoms with Crippen molar-refractivity contribution in [2.75, 3.05) is 45.7 Å². The van der Waals surface area contributed by atoms with Crippen molar-refractivity contribution in [2.45, 2.75) is 39.0 Å². The SMILES string of the molecule is CCNC(=O)c1cc(NCC#Cc2cc(C(=O)N[C@H]3CCN(C)C[C@@H]3C)c3ncn(CC(F)(F)F)c3c2)c(OC)cc1F. The first kappa shape index (κ1) is 31.6. The van der Waals surface area contributed by atoms with E-state index in [1.165, 1.54) is 25.3 Å². The van der Waals surface area contributed by atoms with E-state index in [0.29, 0.717) is 17.8 Å². The molecule has 1 saturated heterocycles. The van der Waals surface area contributed by atoms with Gasteiger partial charge in [-0.2, -0.15) is 13.2 Å². The first-order chi connectivity index (χ1) is 20.4. The van der Waals surface area contributed by atoms with Gasteiger partial charge in [0, 0.05) is 30.8 Å². The first-order valence-electron chi connectivity index (χ1n) is 13.8. The molecular formula is C30H34F4N6O3. The van der Waals surface area contributed by atoms with Gasteiger partial charge in [0.2, 0.25) is 0 Å². The Bertz CT molecular complexity index is 1560. The molecule has 1 fully saturated rings. The Hall–Kier alpha value is -4.31. The van der Waals surface area contributed by atoms with E-state index in [-0.39, 0.29) is 46.4 Å². The van der Waals surface area contributed by atoms with E-state index in [2.05, 4.69) is 37.7 Å². The van der Waals surface area contributed by atoms with E-state index in [9.17, 15) is 27.2 Å². The zero-order chi connectivity index (χ0) is 31.3. The van der Waals surface area contributed by atoms with Crippen molar-refractivity contribution in [1.82, 2.24) is 25.1 Å². The molecule has 230 valence electrons. The number of methoxy groups -OCH3 is 1. The van der Waals surface area contributed by atoms with Crippen molar-refractivity contribution in [1.29, 1.82) is 0 Å². The van der Waals surface area contributed by atoms with Crippen molar-refractivity contribution in [2.24, 2.45) is 5.92 Å². The summed E-state index contributed by atoms with van der Waals surface area (Å²) in [6.45, 7) is 4.44. The molecule has 0 unspecified atom stereocenters. The molecule has 3 N–H and O–H groups in total. The molecule has 2 atom stereocenters. The second-order valence-electron chi connectivity index (χ2n) is 10.5. The average molecular weight is 603 g/mol. The third-order valence-corrected chi connectivity index (χ3v) is 7.22. The minimum Gasteiger partial charge on any atom is -0.494 e. The number of nitrogens with one attached hydrogen (secondary N) is 3. The molecule has 0 saturated carbocycles. The van der Waals surface area contributed by atoms with Gasteiger partial charge in [-0.1, -0.05) is 18.8 Å². The van der Waals surface area contributed by atoms with Crippen LogP contribution in [0.2, 0.25) is 0 Å². The molecule has 0 aliphatic carbocycles. The van der Waals surface area contributed by atoms with Gasteiger partial charge in [-0.25, -0.2) is 9.37 Å². The van der Waals surface area contributed by atoms with Crippen LogP contribution >= 0.6 is 0 Å². The lowest BCUT2D eigenvalue weighted by atomic mass is 9.93. The minimum absolute atomic E-state index is 0.0192. The third-order valence-electron chi connectivity index (χ3n) is 7.22. The van der Waals surface area contributed by atoms with Crippen LogP contribution in [0.5, 0.6) is 5.75 Å². The number of amides is 2. The van der Waals surface area contributed by atoms with Gasteiger partial charge in [0.05, 0.1) is 42.3 Å². The smallest absolute Gasteiger partial charge is 0.406 e. The molecule has 4 rings (SSSR count). The highest BCUT2D eigenvalue weighted by Crippen LogP contribution is 2.28. The molecule has 43 heavy (non-hydrogen) atoms. The number of anilines is 1. The number of hydrogen-bond acceptors (Lipinski definition) is 6. The summed E-state index contributed by atoms with van der Waals surface area (Å²) >= 11 is 0. The Morgan fingerprint density at radius 3 is 2.60 bits per heavy atom. The van der Waals surface area contributed by atoms with Crippen LogP contribution in [-0.4, -0.2) is 78.8 Å². The highest BCUT2D eigenvalue weighted by Gasteiger charge is 2.30. The average Bonchev–Trinajstić information content (AvgIpc) is 3.33. The zero-order valence-corrected chi connectivity index (χ0v) is 24.4. The Kier molecular flexibility index (Phi) is 9.80. The van der Waals surface area contributed by atoms with Gasteiger partial charge in [-0.05, 0) is 51.1 Å². The summed E-state index contributed by atoms with van der Waals surface area (Å²) in [5, 5.41) is 8.56. The molecule has 1 aliphatic heterocycles. The number of rotatable bonds is 8. The summed E-state index contributed by atoms with van der Waals surface area (Å²) in [7, 11) is 3.37. The number of aromatic nitrogens is 2. The quantitative estimate of drug-likeness (QED) is 0.266. The van der Waals surface area contributed by atoms with Crippen LogP contribution in [0.1, 0.15) is 46.5 Å². The van der Waals surface area contributed by atoms with Crippen LogP contribution in [-0.2, 0) is 6.54 Å². The standard InChI is InChI=1S/C30H34F4N6O3/c1-5-35-28(41)20-13-24(26(43-4)14-22(20)31)36-9-6-7-19-11-21(29(42)38-23-8-10-39(3)15-18(23)2)27-25(12-19)40(17-37-27)16-30(32,33)34/h11-14,17-18,23,36H,5,8-10,15-16H2,1-4H3,(H,35,41)(H,38,42)/t18-,23-/m0/s1. The predicted molar refractivity (Wildman–Crippen MR) is 155 cm³/mol. The second-order valence-corrected chi connectivity index (χ2v) is 10.5. The Morgan fingerprint density at radius 2 is 1.93 bits per heavy atom. The van der Waals surface area contributed by atoms with Gasteiger partial charge >= 0.3 is 6.18 Å². The molecule has 13 heteroatoms. The maximum absolute atomic E-state index is 14.4. The van der Waals surface area contributed by atoms with Gasteiger partial charge < -0.3 is 30.2 Å². The molecular weight excluding hydrogens is 568 g/mol. The normalized spacial score (nSPS) is 17.2. The van der Waals surface area contributed by atoms with Gasteiger partial charge in [0.15, 0.2) is 0 Å². The fourth-order valence-electron chi connectivity index (χ4n) is 5.12. The van der Waals surface area contributed by atoms with E-state index >= 15 is 0 Å². The summed E-state index contributed by atoms with van der Waals surface area (Å²) in [6.07, 6.45) is -2.68. The summed E-state index contributed by atoms with van der Waals surface area (Å²) in [4.78, 5) is 32.0. The molecule has 3 aromatic rings. The number of benzene rings is 2. The van der Waals surface area contributed by atoms with Gasteiger partial charge in [0.25, 0.3) is 11.8 Å². The fourth-order valence-corrected chi connectivity index (χ4v) is 5.12. The zero-order valence-electron chi connectivity index (χ0n) is 24.4. The molecule has 1 aromatic heterocycles. The van der Waals surface area contributed by atoms with E-state index in [1.807, 2.05) is 14.0 Å². The molecule has 0 spiro atoms. The fraction of sp³-hybridized carbons (Fsp3) is 0.433. The summed E-state index contributed by atoms with van der Waals surface area (Å²) in [5.41, 5.74) is 0.884. The van der Waals surface area contributed by atoms with Crippen molar-refractivity contribution in [3.63, 3.8) is 0 Å². The number of halogens is 4. The van der Waals surface area contributed by atoms with Crippen LogP contribution in [0.3, 0.4) is 0 Å². The Morgan fingerprint density at radius 1 is 1.16 bits per heavy atom. The lowest BCUT2D eigenvalue weighted by Crippen LogP contribution is -2.48. The topological polar surface area (TPSA) is 101 Å². The monoisotopic (exact) mass is 602 g/mol. The summed E-state index contributed by atoms with van der Waals surface area (Å²) in [5.74, 6) is 4.35. The van der Waals surface area contributed by atoms with Crippen molar-refractivity contribution in [3.05, 3.63) is 53.1 Å². The number of likely N-dealkylation sites (tertiary alicyclic amines) is 1. The number of nitrogens with zero attached hydrogens (tertiary/aromatic N) is 3.